The highest BCUT2D eigenvalue weighted by Gasteiger charge is 2.23. The third-order valence-corrected chi connectivity index (χ3v) is 1.78. The van der Waals surface area contributed by atoms with Gasteiger partial charge in [0.15, 0.2) is 0 Å². The number of carbonyl (C=O) groups excluding carboxylic acids is 1. The molecule has 1 amide bonds. The molecule has 0 saturated carbocycles. The Morgan fingerprint density at radius 3 is 3.15 bits per heavy atom. The maximum Gasteiger partial charge on any atom is 0.230 e. The number of amides is 1. The molecule has 1 N–H and O–H groups in total. The monoisotopic (exact) mass is 177 g/mol. The summed E-state index contributed by atoms with van der Waals surface area (Å²) in [5.74, 6) is -0.682. The quantitative estimate of drug-likeness (QED) is 0.630. The summed E-state index contributed by atoms with van der Waals surface area (Å²) in [5, 5.41) is 10.8. The molecule has 1 aromatic rings. The molecule has 4 nitrogen and oxygen atoms in total. The summed E-state index contributed by atoms with van der Waals surface area (Å²) in [6.45, 7) is 0. The molecule has 0 aliphatic carbocycles. The van der Waals surface area contributed by atoms with Gasteiger partial charge >= 0.3 is 0 Å². The highest BCUT2D eigenvalue weighted by molar-refractivity contribution is 5.97. The van der Waals surface area contributed by atoms with Gasteiger partial charge < -0.3 is 5.32 Å². The van der Waals surface area contributed by atoms with E-state index in [2.05, 4.69) is 10.3 Å². The lowest BCUT2D eigenvalue weighted by Gasteiger charge is -1.98. The number of rotatable bonds is 0. The second-order valence-corrected chi connectivity index (χ2v) is 2.65. The fraction of sp³-hybridized carbons (Fsp3) is 0.125. The van der Waals surface area contributed by atoms with E-state index in [4.69, 9.17) is 5.26 Å². The van der Waals surface area contributed by atoms with Gasteiger partial charge in [0.1, 0.15) is 23.4 Å². The molecule has 13 heavy (non-hydrogen) atoms. The molecule has 0 radical (unpaired) electrons. The average molecular weight is 177 g/mol. The number of anilines is 1. The minimum Gasteiger partial charge on any atom is -0.310 e. The fourth-order valence-electron chi connectivity index (χ4n) is 1.21. The predicted molar refractivity (Wildman–Crippen MR) is 41.2 cm³/mol. The molecule has 0 unspecified atom stereocenters. The Morgan fingerprint density at radius 1 is 1.69 bits per heavy atom. The Hall–Kier alpha value is -1.96. The summed E-state index contributed by atoms with van der Waals surface area (Å²) < 4.78 is 13.1. The summed E-state index contributed by atoms with van der Waals surface area (Å²) in [7, 11) is 0. The minimum atomic E-state index is -0.556. The van der Waals surface area contributed by atoms with Crippen molar-refractivity contribution in [3.8, 4) is 6.07 Å². The van der Waals surface area contributed by atoms with Crippen LogP contribution in [0.15, 0.2) is 6.07 Å². The van der Waals surface area contributed by atoms with Gasteiger partial charge in [0.05, 0.1) is 6.42 Å². The normalized spacial score (nSPS) is 13.4. The SMILES string of the molecule is N#Cc1cc(F)c2c(n1)NC(=O)C2. The number of hydrogen-bond acceptors (Lipinski definition) is 3. The summed E-state index contributed by atoms with van der Waals surface area (Å²) >= 11 is 0. The Morgan fingerprint density at radius 2 is 2.46 bits per heavy atom. The van der Waals surface area contributed by atoms with E-state index >= 15 is 0 Å². The summed E-state index contributed by atoms with van der Waals surface area (Å²) in [6.07, 6.45) is -0.000124. The van der Waals surface area contributed by atoms with Gasteiger partial charge in [-0.2, -0.15) is 5.26 Å². The van der Waals surface area contributed by atoms with Crippen LogP contribution in [0.5, 0.6) is 0 Å². The number of hydrogen-bond donors (Lipinski definition) is 1. The molecule has 1 aromatic heterocycles. The first kappa shape index (κ1) is 7.68. The van der Waals surface area contributed by atoms with Gasteiger partial charge in [0, 0.05) is 11.6 Å². The van der Waals surface area contributed by atoms with Crippen molar-refractivity contribution >= 4 is 11.7 Å². The lowest BCUT2D eigenvalue weighted by Crippen LogP contribution is -2.04. The molecular formula is C8H4FN3O. The topological polar surface area (TPSA) is 65.8 Å². The van der Waals surface area contributed by atoms with Crippen molar-refractivity contribution in [2.24, 2.45) is 0 Å². The minimum absolute atomic E-state index is 0.000124. The van der Waals surface area contributed by atoms with Gasteiger partial charge in [-0.25, -0.2) is 9.37 Å². The second-order valence-electron chi connectivity index (χ2n) is 2.65. The molecular weight excluding hydrogens is 173 g/mol. The molecule has 64 valence electrons. The summed E-state index contributed by atoms with van der Waals surface area (Å²) in [5.41, 5.74) is 0.211. The summed E-state index contributed by atoms with van der Waals surface area (Å²) in [4.78, 5) is 14.6. The Labute approximate surface area is 73.0 Å². The Kier molecular flexibility index (Phi) is 1.49. The van der Waals surface area contributed by atoms with Gasteiger partial charge in [-0.3, -0.25) is 4.79 Å². The van der Waals surface area contributed by atoms with Crippen molar-refractivity contribution in [1.29, 1.82) is 5.26 Å². The third-order valence-electron chi connectivity index (χ3n) is 1.78. The predicted octanol–water partition coefficient (Wildman–Crippen LogP) is 0.587. The van der Waals surface area contributed by atoms with Crippen LogP contribution in [0.3, 0.4) is 0 Å². The average Bonchev–Trinajstić information content (AvgIpc) is 2.46. The van der Waals surface area contributed by atoms with E-state index in [1.54, 1.807) is 6.07 Å². The van der Waals surface area contributed by atoms with Crippen LogP contribution >= 0.6 is 0 Å². The van der Waals surface area contributed by atoms with E-state index in [9.17, 15) is 9.18 Å². The molecule has 5 heteroatoms. The number of aromatic nitrogens is 1. The Bertz CT molecular complexity index is 436. The molecule has 1 aliphatic heterocycles. The zero-order valence-electron chi connectivity index (χ0n) is 6.47. The number of nitrogens with zero attached hydrogens (tertiary/aromatic N) is 2. The van der Waals surface area contributed by atoms with Crippen LogP contribution in [0.1, 0.15) is 11.3 Å². The smallest absolute Gasteiger partial charge is 0.230 e. The standard InChI is InChI=1S/C8H4FN3O/c9-6-1-4(3-10)11-8-5(6)2-7(13)12-8/h1H,2H2,(H,11,12,13). The molecule has 0 bridgehead atoms. The first-order valence-corrected chi connectivity index (χ1v) is 3.60. The van der Waals surface area contributed by atoms with Gasteiger partial charge in [-0.1, -0.05) is 0 Å². The van der Waals surface area contributed by atoms with E-state index in [0.717, 1.165) is 6.07 Å². The molecule has 0 spiro atoms. The van der Waals surface area contributed by atoms with E-state index in [1.807, 2.05) is 0 Å². The number of fused-ring (bicyclic) bond motifs is 1. The van der Waals surface area contributed by atoms with Crippen molar-refractivity contribution < 1.29 is 9.18 Å². The number of halogens is 1. The lowest BCUT2D eigenvalue weighted by atomic mass is 10.2. The van der Waals surface area contributed by atoms with Crippen molar-refractivity contribution in [2.45, 2.75) is 6.42 Å². The van der Waals surface area contributed by atoms with Crippen LogP contribution < -0.4 is 5.32 Å². The van der Waals surface area contributed by atoms with Crippen LogP contribution in [0.2, 0.25) is 0 Å². The molecule has 1 aliphatic rings. The van der Waals surface area contributed by atoms with Gasteiger partial charge in [-0.15, -0.1) is 0 Å². The van der Waals surface area contributed by atoms with Crippen LogP contribution in [-0.2, 0) is 11.2 Å². The third kappa shape index (κ3) is 1.12. The van der Waals surface area contributed by atoms with Crippen molar-refractivity contribution in [1.82, 2.24) is 4.98 Å². The van der Waals surface area contributed by atoms with Crippen LogP contribution in [0.25, 0.3) is 0 Å². The zero-order valence-corrected chi connectivity index (χ0v) is 6.47. The van der Waals surface area contributed by atoms with Crippen LogP contribution in [-0.4, -0.2) is 10.9 Å². The van der Waals surface area contributed by atoms with E-state index in [-0.39, 0.29) is 29.4 Å². The maximum absolute atomic E-state index is 13.1. The lowest BCUT2D eigenvalue weighted by molar-refractivity contribution is -0.115. The van der Waals surface area contributed by atoms with Crippen LogP contribution in [0, 0.1) is 17.1 Å². The molecule has 0 saturated heterocycles. The molecule has 2 rings (SSSR count). The Balaban J connectivity index is 2.60. The van der Waals surface area contributed by atoms with Crippen molar-refractivity contribution in [2.75, 3.05) is 5.32 Å². The summed E-state index contributed by atoms with van der Waals surface area (Å²) in [6, 6.07) is 2.74. The van der Waals surface area contributed by atoms with Crippen LogP contribution in [0.4, 0.5) is 10.2 Å². The first-order valence-electron chi connectivity index (χ1n) is 3.60. The largest absolute Gasteiger partial charge is 0.310 e. The highest BCUT2D eigenvalue weighted by atomic mass is 19.1. The van der Waals surface area contributed by atoms with E-state index in [0.29, 0.717) is 0 Å². The van der Waals surface area contributed by atoms with Gasteiger partial charge in [-0.05, 0) is 0 Å². The number of nitriles is 1. The van der Waals surface area contributed by atoms with Crippen molar-refractivity contribution in [3.63, 3.8) is 0 Å². The molecule has 0 atom stereocenters. The maximum atomic E-state index is 13.1. The zero-order chi connectivity index (χ0) is 9.42. The second kappa shape index (κ2) is 2.52. The van der Waals surface area contributed by atoms with Gasteiger partial charge in [0.2, 0.25) is 5.91 Å². The highest BCUT2D eigenvalue weighted by Crippen LogP contribution is 2.23. The molecule has 0 aromatic carbocycles. The molecule has 0 fully saturated rings. The fourth-order valence-corrected chi connectivity index (χ4v) is 1.21. The van der Waals surface area contributed by atoms with E-state index < -0.39 is 5.82 Å². The number of pyridine rings is 1. The number of nitrogens with one attached hydrogen (secondary N) is 1. The molecule has 2 heterocycles. The first-order chi connectivity index (χ1) is 6.20. The van der Waals surface area contributed by atoms with Crippen molar-refractivity contribution in [3.05, 3.63) is 23.1 Å². The van der Waals surface area contributed by atoms with Gasteiger partial charge in [0.25, 0.3) is 0 Å². The number of carbonyl (C=O) groups is 1. The van der Waals surface area contributed by atoms with E-state index in [1.165, 1.54) is 0 Å².